The summed E-state index contributed by atoms with van der Waals surface area (Å²) in [6, 6.07) is 11.5. The molecule has 1 saturated carbocycles. The number of hydrogen-bond donors (Lipinski definition) is 2. The first kappa shape index (κ1) is 23.1. The number of benzene rings is 1. The minimum atomic E-state index is -0.512. The number of rotatable bonds is 9. The molecule has 4 rings (SSSR count). The van der Waals surface area contributed by atoms with E-state index in [4.69, 9.17) is 14.6 Å². The summed E-state index contributed by atoms with van der Waals surface area (Å²) in [5.74, 6) is 0.532. The van der Waals surface area contributed by atoms with Gasteiger partial charge in [-0.05, 0) is 31.9 Å². The fourth-order valence-electron chi connectivity index (χ4n) is 3.90. The lowest BCUT2D eigenvalue weighted by molar-refractivity contribution is -0.148. The number of nitrogens with one attached hydrogen (secondary N) is 2. The molecule has 0 spiro atoms. The number of hydrogen-bond acceptors (Lipinski definition) is 7. The molecule has 0 radical (unpaired) electrons. The molecule has 2 N–H and O–H groups in total. The maximum Gasteiger partial charge on any atom is 0.406 e. The van der Waals surface area contributed by atoms with E-state index < -0.39 is 12.2 Å². The Kier molecular flexibility index (Phi) is 7.46. The number of nitrogens with zero attached hydrogens (tertiary/aromatic N) is 3. The van der Waals surface area contributed by atoms with E-state index in [0.29, 0.717) is 19.0 Å². The van der Waals surface area contributed by atoms with Crippen molar-refractivity contribution in [2.45, 2.75) is 38.0 Å². The number of amides is 2. The third-order valence-electron chi connectivity index (χ3n) is 5.75. The van der Waals surface area contributed by atoms with Crippen LogP contribution in [0.3, 0.4) is 0 Å². The molecule has 2 heterocycles. The van der Waals surface area contributed by atoms with Gasteiger partial charge in [0.1, 0.15) is 12.7 Å². The maximum atomic E-state index is 13.3. The van der Waals surface area contributed by atoms with Crippen LogP contribution >= 0.6 is 0 Å². The third-order valence-corrected chi connectivity index (χ3v) is 5.75. The average molecular weight is 458 g/mol. The van der Waals surface area contributed by atoms with Gasteiger partial charge in [0.25, 0.3) is 5.91 Å². The van der Waals surface area contributed by atoms with Crippen LogP contribution in [0.5, 0.6) is 5.88 Å². The standard InChI is InChI=1S/C23H31N5O5/c1-16(27(17-8-9-17)22(29)20-15-24-10-12-32-20)19-14-21(33-13-11-25-23(30)31-2)28(26-19)18-6-4-3-5-7-18/h3-7,14,16-17,20,24H,8-13,15H2,1-2H3,(H,25,30)/t16-,20-/m1/s1. The monoisotopic (exact) mass is 457 g/mol. The van der Waals surface area contributed by atoms with Crippen LogP contribution in [0, 0.1) is 0 Å². The van der Waals surface area contributed by atoms with Crippen molar-refractivity contribution < 1.29 is 23.8 Å². The fraction of sp³-hybridized carbons (Fsp3) is 0.522. The van der Waals surface area contributed by atoms with Crippen LogP contribution in [0.4, 0.5) is 4.79 Å². The van der Waals surface area contributed by atoms with Crippen molar-refractivity contribution in [3.8, 4) is 11.6 Å². The largest absolute Gasteiger partial charge is 0.476 e. The van der Waals surface area contributed by atoms with Crippen LogP contribution < -0.4 is 15.4 Å². The number of methoxy groups -OCH3 is 1. The summed E-state index contributed by atoms with van der Waals surface area (Å²) in [4.78, 5) is 26.5. The molecule has 2 aliphatic rings. The highest BCUT2D eigenvalue weighted by Crippen LogP contribution is 2.36. The van der Waals surface area contributed by atoms with E-state index in [1.54, 1.807) is 4.68 Å². The van der Waals surface area contributed by atoms with Gasteiger partial charge in [0, 0.05) is 25.2 Å². The van der Waals surface area contributed by atoms with E-state index in [-0.39, 0.29) is 31.1 Å². The first-order chi connectivity index (χ1) is 16.1. The van der Waals surface area contributed by atoms with Crippen molar-refractivity contribution in [2.24, 2.45) is 0 Å². The number of ether oxygens (including phenoxy) is 3. The number of carbonyl (C=O) groups excluding carboxylic acids is 2. The molecule has 1 saturated heterocycles. The van der Waals surface area contributed by atoms with Gasteiger partial charge >= 0.3 is 6.09 Å². The van der Waals surface area contributed by atoms with Gasteiger partial charge in [-0.25, -0.2) is 9.48 Å². The molecular formula is C23H31N5O5. The molecule has 178 valence electrons. The molecule has 10 heteroatoms. The topological polar surface area (TPSA) is 107 Å². The normalized spacial score (nSPS) is 18.9. The summed E-state index contributed by atoms with van der Waals surface area (Å²) >= 11 is 0. The molecule has 2 fully saturated rings. The number of alkyl carbamates (subject to hydrolysis) is 1. The second kappa shape index (κ2) is 10.7. The highest BCUT2D eigenvalue weighted by molar-refractivity contribution is 5.82. The molecule has 0 unspecified atom stereocenters. The Balaban J connectivity index is 1.54. The zero-order valence-corrected chi connectivity index (χ0v) is 19.0. The van der Waals surface area contributed by atoms with Crippen LogP contribution in [0.1, 0.15) is 31.5 Å². The Bertz CT molecular complexity index is 940. The van der Waals surface area contributed by atoms with E-state index in [0.717, 1.165) is 30.8 Å². The number of para-hydroxylation sites is 1. The van der Waals surface area contributed by atoms with Crippen molar-refractivity contribution in [3.05, 3.63) is 42.1 Å². The van der Waals surface area contributed by atoms with E-state index in [1.807, 2.05) is 48.2 Å². The Hall–Kier alpha value is -3.11. The van der Waals surface area contributed by atoms with Crippen LogP contribution in [-0.2, 0) is 14.3 Å². The number of carbonyl (C=O) groups is 2. The summed E-state index contributed by atoms with van der Waals surface area (Å²) < 4.78 is 18.0. The first-order valence-corrected chi connectivity index (χ1v) is 11.3. The molecule has 1 aromatic carbocycles. The van der Waals surface area contributed by atoms with Crippen molar-refractivity contribution in [1.29, 1.82) is 0 Å². The van der Waals surface area contributed by atoms with Crippen LogP contribution in [0.25, 0.3) is 5.69 Å². The summed E-state index contributed by atoms with van der Waals surface area (Å²) in [5, 5.41) is 10.6. The Morgan fingerprint density at radius 2 is 2.12 bits per heavy atom. The van der Waals surface area contributed by atoms with Gasteiger partial charge < -0.3 is 29.7 Å². The summed E-state index contributed by atoms with van der Waals surface area (Å²) in [6.07, 6.45) is 0.983. The predicted octanol–water partition coefficient (Wildman–Crippen LogP) is 1.65. The molecule has 1 aliphatic heterocycles. The lowest BCUT2D eigenvalue weighted by atomic mass is 10.1. The lowest BCUT2D eigenvalue weighted by Gasteiger charge is -2.33. The van der Waals surface area contributed by atoms with Gasteiger partial charge in [-0.15, -0.1) is 0 Å². The zero-order valence-electron chi connectivity index (χ0n) is 19.0. The van der Waals surface area contributed by atoms with Crippen LogP contribution in [0.2, 0.25) is 0 Å². The van der Waals surface area contributed by atoms with Crippen molar-refractivity contribution in [3.63, 3.8) is 0 Å². The maximum absolute atomic E-state index is 13.3. The molecule has 2 atom stereocenters. The van der Waals surface area contributed by atoms with Gasteiger partial charge in [-0.2, -0.15) is 5.10 Å². The van der Waals surface area contributed by atoms with E-state index >= 15 is 0 Å². The van der Waals surface area contributed by atoms with Gasteiger partial charge in [0.05, 0.1) is 37.7 Å². The molecule has 2 aromatic rings. The van der Waals surface area contributed by atoms with Gasteiger partial charge in [0.2, 0.25) is 5.88 Å². The predicted molar refractivity (Wildman–Crippen MR) is 120 cm³/mol. The highest BCUT2D eigenvalue weighted by atomic mass is 16.5. The van der Waals surface area contributed by atoms with Gasteiger partial charge in [-0.1, -0.05) is 18.2 Å². The van der Waals surface area contributed by atoms with E-state index in [2.05, 4.69) is 15.4 Å². The van der Waals surface area contributed by atoms with Gasteiger partial charge in [0.15, 0.2) is 0 Å². The molecule has 2 amide bonds. The third kappa shape index (κ3) is 5.63. The summed E-state index contributed by atoms with van der Waals surface area (Å²) in [6.45, 7) is 4.34. The molecule has 33 heavy (non-hydrogen) atoms. The molecule has 1 aliphatic carbocycles. The summed E-state index contributed by atoms with van der Waals surface area (Å²) in [5.41, 5.74) is 1.58. The Morgan fingerprint density at radius 3 is 2.79 bits per heavy atom. The number of morpholine rings is 1. The SMILES string of the molecule is COC(=O)NCCOc1cc([C@@H](C)N(C(=O)[C@H]2CNCCO2)C2CC2)nn1-c1ccccc1. The minimum absolute atomic E-state index is 0.00351. The van der Waals surface area contributed by atoms with Crippen LogP contribution in [-0.4, -0.2) is 78.8 Å². The molecular weight excluding hydrogens is 426 g/mol. The fourth-order valence-corrected chi connectivity index (χ4v) is 3.90. The quantitative estimate of drug-likeness (QED) is 0.552. The smallest absolute Gasteiger partial charge is 0.406 e. The zero-order chi connectivity index (χ0) is 23.2. The summed E-state index contributed by atoms with van der Waals surface area (Å²) in [7, 11) is 1.32. The Labute approximate surface area is 193 Å². The van der Waals surface area contributed by atoms with Gasteiger partial charge in [-0.3, -0.25) is 4.79 Å². The first-order valence-electron chi connectivity index (χ1n) is 11.3. The van der Waals surface area contributed by atoms with E-state index in [1.165, 1.54) is 7.11 Å². The number of aromatic nitrogens is 2. The van der Waals surface area contributed by atoms with Crippen molar-refractivity contribution in [1.82, 2.24) is 25.3 Å². The minimum Gasteiger partial charge on any atom is -0.476 e. The molecule has 10 nitrogen and oxygen atoms in total. The average Bonchev–Trinajstić information content (AvgIpc) is 3.60. The van der Waals surface area contributed by atoms with Crippen LogP contribution in [0.15, 0.2) is 36.4 Å². The second-order valence-electron chi connectivity index (χ2n) is 8.14. The van der Waals surface area contributed by atoms with Crippen molar-refractivity contribution in [2.75, 3.05) is 40.0 Å². The molecule has 1 aromatic heterocycles. The second-order valence-corrected chi connectivity index (χ2v) is 8.14. The van der Waals surface area contributed by atoms with Crippen molar-refractivity contribution >= 4 is 12.0 Å². The highest BCUT2D eigenvalue weighted by Gasteiger charge is 2.40. The Morgan fingerprint density at radius 1 is 1.33 bits per heavy atom. The van der Waals surface area contributed by atoms with E-state index in [9.17, 15) is 9.59 Å². The lowest BCUT2D eigenvalue weighted by Crippen LogP contribution is -2.50. The molecule has 0 bridgehead atoms.